The van der Waals surface area contributed by atoms with Crippen molar-refractivity contribution in [1.82, 2.24) is 4.90 Å². The van der Waals surface area contributed by atoms with Crippen LogP contribution < -0.4 is 10.2 Å². The molecule has 1 aliphatic rings. The maximum Gasteiger partial charge on any atom is 0.494 e. The van der Waals surface area contributed by atoms with E-state index in [0.717, 1.165) is 5.46 Å². The quantitative estimate of drug-likeness (QED) is 0.778. The predicted molar refractivity (Wildman–Crippen MR) is 86.2 cm³/mol. The van der Waals surface area contributed by atoms with Gasteiger partial charge >= 0.3 is 13.7 Å². The fourth-order valence-electron chi connectivity index (χ4n) is 2.40. The largest absolute Gasteiger partial charge is 0.494 e. The highest BCUT2D eigenvalue weighted by molar-refractivity contribution is 6.62. The van der Waals surface area contributed by atoms with E-state index in [1.165, 1.54) is 0 Å². The summed E-state index contributed by atoms with van der Waals surface area (Å²) in [4.78, 5) is 1.89. The molecule has 1 saturated heterocycles. The minimum atomic E-state index is -2.85. The zero-order chi connectivity index (χ0) is 17.4. The summed E-state index contributed by atoms with van der Waals surface area (Å²) < 4.78 is 41.7. The van der Waals surface area contributed by atoms with Crippen LogP contribution >= 0.6 is 0 Å². The van der Waals surface area contributed by atoms with Crippen LogP contribution in [0.4, 0.5) is 8.78 Å². The van der Waals surface area contributed by atoms with Crippen LogP contribution in [0.3, 0.4) is 0 Å². The molecule has 0 aromatic heterocycles. The Balaban J connectivity index is 2.30. The van der Waals surface area contributed by atoms with E-state index in [-0.39, 0.29) is 5.75 Å². The van der Waals surface area contributed by atoms with Crippen LogP contribution in [0.25, 0.3) is 0 Å². The fourth-order valence-corrected chi connectivity index (χ4v) is 2.40. The van der Waals surface area contributed by atoms with E-state index < -0.39 is 24.9 Å². The first kappa shape index (κ1) is 18.2. The Hall–Kier alpha value is -1.18. The van der Waals surface area contributed by atoms with Gasteiger partial charge in [0.15, 0.2) is 0 Å². The smallest absolute Gasteiger partial charge is 0.434 e. The van der Waals surface area contributed by atoms with Crippen molar-refractivity contribution in [1.29, 1.82) is 0 Å². The molecule has 128 valence electrons. The molecule has 1 fully saturated rings. The first-order valence-electron chi connectivity index (χ1n) is 7.60. The van der Waals surface area contributed by atoms with Crippen molar-refractivity contribution in [3.05, 3.63) is 23.8 Å². The van der Waals surface area contributed by atoms with Gasteiger partial charge in [0.1, 0.15) is 5.75 Å². The highest BCUT2D eigenvalue weighted by Crippen LogP contribution is 2.36. The second-order valence-corrected chi connectivity index (χ2v) is 7.07. The molecule has 0 atom stereocenters. The zero-order valence-corrected chi connectivity index (χ0v) is 14.5. The van der Waals surface area contributed by atoms with Gasteiger partial charge in [-0.25, -0.2) is 0 Å². The molecule has 0 saturated carbocycles. The Morgan fingerprint density at radius 3 is 2.17 bits per heavy atom. The van der Waals surface area contributed by atoms with Crippen molar-refractivity contribution in [2.75, 3.05) is 14.1 Å². The van der Waals surface area contributed by atoms with E-state index in [0.29, 0.717) is 12.1 Å². The molecule has 23 heavy (non-hydrogen) atoms. The summed E-state index contributed by atoms with van der Waals surface area (Å²) in [5, 5.41) is 0. The topological polar surface area (TPSA) is 30.9 Å². The van der Waals surface area contributed by atoms with Crippen LogP contribution in [0.15, 0.2) is 18.2 Å². The lowest BCUT2D eigenvalue weighted by Gasteiger charge is -2.32. The molecule has 0 aliphatic carbocycles. The van der Waals surface area contributed by atoms with Crippen molar-refractivity contribution in [2.45, 2.75) is 52.1 Å². The number of ether oxygens (including phenoxy) is 1. The molecule has 2 rings (SSSR count). The van der Waals surface area contributed by atoms with E-state index in [2.05, 4.69) is 4.74 Å². The molecule has 1 heterocycles. The lowest BCUT2D eigenvalue weighted by atomic mass is 9.78. The maximum atomic E-state index is 12.6. The van der Waals surface area contributed by atoms with Gasteiger partial charge in [-0.15, -0.1) is 0 Å². The van der Waals surface area contributed by atoms with E-state index >= 15 is 0 Å². The van der Waals surface area contributed by atoms with Crippen molar-refractivity contribution >= 4 is 12.6 Å². The minimum Gasteiger partial charge on any atom is -0.434 e. The number of nitrogens with zero attached hydrogens (tertiary/aromatic N) is 1. The highest BCUT2D eigenvalue weighted by atomic mass is 19.3. The number of benzene rings is 1. The number of rotatable bonds is 5. The molecule has 0 spiro atoms. The summed E-state index contributed by atoms with van der Waals surface area (Å²) >= 11 is 0. The summed E-state index contributed by atoms with van der Waals surface area (Å²) in [7, 11) is 3.21. The molecule has 0 radical (unpaired) electrons. The Morgan fingerprint density at radius 2 is 1.70 bits per heavy atom. The van der Waals surface area contributed by atoms with Crippen molar-refractivity contribution in [2.24, 2.45) is 0 Å². The third kappa shape index (κ3) is 4.02. The lowest BCUT2D eigenvalue weighted by Crippen LogP contribution is -2.41. The van der Waals surface area contributed by atoms with E-state index in [9.17, 15) is 8.78 Å². The zero-order valence-electron chi connectivity index (χ0n) is 14.5. The molecule has 0 unspecified atom stereocenters. The maximum absolute atomic E-state index is 12.6. The van der Waals surface area contributed by atoms with Crippen LogP contribution in [0, 0.1) is 0 Å². The predicted octanol–water partition coefficient (Wildman–Crippen LogP) is 2.65. The number of hydrogen-bond donors (Lipinski definition) is 0. The van der Waals surface area contributed by atoms with E-state index in [4.69, 9.17) is 9.31 Å². The average Bonchev–Trinajstić information content (AvgIpc) is 2.59. The van der Waals surface area contributed by atoms with Gasteiger partial charge in [-0.3, -0.25) is 0 Å². The third-order valence-electron chi connectivity index (χ3n) is 4.31. The van der Waals surface area contributed by atoms with Crippen LogP contribution in [0.5, 0.6) is 5.75 Å². The first-order chi connectivity index (χ1) is 10.5. The standard InChI is InChI=1S/C16H24BF2NO3/c1-15(2)16(3,4)23-17(22-15)12-7-8-13(21-14(18)19)11(9-12)10-20(5)6/h7-9,14H,10H2,1-6H3. The van der Waals surface area contributed by atoms with Gasteiger partial charge in [0.2, 0.25) is 0 Å². The second-order valence-electron chi connectivity index (χ2n) is 7.07. The normalized spacial score (nSPS) is 19.7. The Bertz CT molecular complexity index is 548. The van der Waals surface area contributed by atoms with Gasteiger partial charge in [-0.05, 0) is 53.3 Å². The van der Waals surface area contributed by atoms with Gasteiger partial charge in [0.05, 0.1) is 11.2 Å². The molecule has 4 nitrogen and oxygen atoms in total. The van der Waals surface area contributed by atoms with Crippen molar-refractivity contribution in [3.63, 3.8) is 0 Å². The molecular weight excluding hydrogens is 303 g/mol. The van der Waals surface area contributed by atoms with Crippen molar-refractivity contribution in [3.8, 4) is 5.75 Å². The summed E-state index contributed by atoms with van der Waals surface area (Å²) in [5.41, 5.74) is 0.569. The van der Waals surface area contributed by atoms with Crippen LogP contribution in [0.2, 0.25) is 0 Å². The molecule has 7 heteroatoms. The van der Waals surface area contributed by atoms with Gasteiger partial charge in [0.25, 0.3) is 0 Å². The summed E-state index contributed by atoms with van der Waals surface area (Å²) in [6.07, 6.45) is 0. The van der Waals surface area contributed by atoms with Crippen LogP contribution in [-0.4, -0.2) is 43.9 Å². The number of hydrogen-bond acceptors (Lipinski definition) is 4. The number of alkyl halides is 2. The van der Waals surface area contributed by atoms with Gasteiger partial charge in [-0.1, -0.05) is 12.1 Å². The Labute approximate surface area is 136 Å². The molecule has 1 aliphatic heterocycles. The van der Waals surface area contributed by atoms with Gasteiger partial charge in [-0.2, -0.15) is 8.78 Å². The van der Waals surface area contributed by atoms with Gasteiger partial charge < -0.3 is 18.9 Å². The number of halogens is 2. The molecule has 0 amide bonds. The van der Waals surface area contributed by atoms with E-state index in [1.54, 1.807) is 18.2 Å². The Kier molecular flexibility index (Phi) is 5.04. The molecule has 1 aromatic rings. The average molecular weight is 327 g/mol. The molecular formula is C16H24BF2NO3. The summed E-state index contributed by atoms with van der Waals surface area (Å²) in [6, 6.07) is 5.06. The molecule has 0 N–H and O–H groups in total. The lowest BCUT2D eigenvalue weighted by molar-refractivity contribution is -0.0506. The van der Waals surface area contributed by atoms with Crippen LogP contribution in [0.1, 0.15) is 33.3 Å². The molecule has 1 aromatic carbocycles. The van der Waals surface area contributed by atoms with Crippen molar-refractivity contribution < 1.29 is 22.8 Å². The van der Waals surface area contributed by atoms with E-state index in [1.807, 2.05) is 46.7 Å². The minimum absolute atomic E-state index is 0.175. The molecule has 0 bridgehead atoms. The first-order valence-corrected chi connectivity index (χ1v) is 7.60. The van der Waals surface area contributed by atoms with Crippen LogP contribution in [-0.2, 0) is 15.9 Å². The SMILES string of the molecule is CN(C)Cc1cc(B2OC(C)(C)C(C)(C)O2)ccc1OC(F)F. The summed E-state index contributed by atoms with van der Waals surface area (Å²) in [5.74, 6) is 0.175. The third-order valence-corrected chi connectivity index (χ3v) is 4.31. The monoisotopic (exact) mass is 327 g/mol. The summed E-state index contributed by atoms with van der Waals surface area (Å²) in [6.45, 7) is 5.53. The second kappa shape index (κ2) is 6.38. The fraction of sp³-hybridized carbons (Fsp3) is 0.625. The van der Waals surface area contributed by atoms with Gasteiger partial charge in [0, 0.05) is 12.1 Å². The Morgan fingerprint density at radius 1 is 1.13 bits per heavy atom. The highest BCUT2D eigenvalue weighted by Gasteiger charge is 2.51.